The fraction of sp³-hybridized carbons (Fsp3) is 0.533. The van der Waals surface area contributed by atoms with Crippen molar-refractivity contribution in [3.63, 3.8) is 0 Å². The number of nitrogens with two attached hydrogens (primary N) is 1. The summed E-state index contributed by atoms with van der Waals surface area (Å²) in [6.07, 6.45) is 2.33. The van der Waals surface area contributed by atoms with E-state index in [1.54, 1.807) is 6.07 Å². The maximum atomic E-state index is 13.1. The van der Waals surface area contributed by atoms with Crippen molar-refractivity contribution < 1.29 is 9.18 Å². The van der Waals surface area contributed by atoms with Gasteiger partial charge in [-0.3, -0.25) is 4.79 Å². The molecular formula is C15H22ClFN2O. The van der Waals surface area contributed by atoms with Gasteiger partial charge in [0.25, 0.3) is 0 Å². The van der Waals surface area contributed by atoms with E-state index in [2.05, 4.69) is 0 Å². The average molecular weight is 301 g/mol. The fourth-order valence-corrected chi connectivity index (χ4v) is 2.54. The highest BCUT2D eigenvalue weighted by atomic mass is 35.5. The minimum absolute atomic E-state index is 0. The van der Waals surface area contributed by atoms with Gasteiger partial charge in [0.15, 0.2) is 0 Å². The summed E-state index contributed by atoms with van der Waals surface area (Å²) in [6, 6.07) is 6.68. The molecule has 1 aromatic rings. The van der Waals surface area contributed by atoms with E-state index in [9.17, 15) is 9.18 Å². The molecule has 0 radical (unpaired) electrons. The Balaban J connectivity index is 0.00000200. The minimum Gasteiger partial charge on any atom is -0.342 e. The van der Waals surface area contributed by atoms with Crippen LogP contribution < -0.4 is 5.73 Å². The van der Waals surface area contributed by atoms with Gasteiger partial charge in [-0.05, 0) is 37.0 Å². The third kappa shape index (κ3) is 4.46. The van der Waals surface area contributed by atoms with Crippen LogP contribution in [0, 0.1) is 11.7 Å². The van der Waals surface area contributed by atoms with Crippen LogP contribution in [0.15, 0.2) is 24.3 Å². The second kappa shape index (κ2) is 7.60. The summed E-state index contributed by atoms with van der Waals surface area (Å²) < 4.78 is 13.1. The summed E-state index contributed by atoms with van der Waals surface area (Å²) in [5.41, 5.74) is 6.70. The lowest BCUT2D eigenvalue weighted by Gasteiger charge is -2.32. The highest BCUT2D eigenvalue weighted by Crippen LogP contribution is 2.16. The first-order valence-corrected chi connectivity index (χ1v) is 6.85. The molecule has 0 aliphatic carbocycles. The number of rotatable bonds is 3. The molecule has 5 heteroatoms. The van der Waals surface area contributed by atoms with E-state index in [0.717, 1.165) is 31.5 Å². The Labute approximate surface area is 125 Å². The molecule has 0 saturated carbocycles. The quantitative estimate of drug-likeness (QED) is 0.931. The normalized spacial score (nSPS) is 17.4. The van der Waals surface area contributed by atoms with E-state index >= 15 is 0 Å². The molecule has 112 valence electrons. The number of likely N-dealkylation sites (tertiary alicyclic amines) is 1. The van der Waals surface area contributed by atoms with Crippen molar-refractivity contribution in [1.29, 1.82) is 0 Å². The van der Waals surface area contributed by atoms with Crippen LogP contribution in [0.5, 0.6) is 0 Å². The van der Waals surface area contributed by atoms with E-state index in [1.165, 1.54) is 12.1 Å². The molecule has 1 amide bonds. The Morgan fingerprint density at radius 1 is 1.45 bits per heavy atom. The van der Waals surface area contributed by atoms with Gasteiger partial charge in [0, 0.05) is 25.0 Å². The zero-order valence-corrected chi connectivity index (χ0v) is 12.5. The standard InChI is InChI=1S/C15H21FN2O.ClH/c1-11(9-12-3-2-4-13(16)10-12)15(19)18-7-5-14(17)6-8-18;/h2-4,10-11,14H,5-9,17H2,1H3;1H. The van der Waals surface area contributed by atoms with Crippen LogP contribution in [0.3, 0.4) is 0 Å². The number of nitrogens with zero attached hydrogens (tertiary/aromatic N) is 1. The van der Waals surface area contributed by atoms with Gasteiger partial charge in [-0.15, -0.1) is 12.4 Å². The fourth-order valence-electron chi connectivity index (χ4n) is 2.54. The van der Waals surface area contributed by atoms with Crippen molar-refractivity contribution in [3.05, 3.63) is 35.6 Å². The molecule has 1 aliphatic rings. The second-order valence-electron chi connectivity index (χ2n) is 5.40. The summed E-state index contributed by atoms with van der Waals surface area (Å²) in [4.78, 5) is 14.2. The molecule has 2 rings (SSSR count). The summed E-state index contributed by atoms with van der Waals surface area (Å²) in [6.45, 7) is 3.39. The smallest absolute Gasteiger partial charge is 0.225 e. The van der Waals surface area contributed by atoms with Gasteiger partial charge in [-0.2, -0.15) is 0 Å². The van der Waals surface area contributed by atoms with Gasteiger partial charge in [-0.25, -0.2) is 4.39 Å². The van der Waals surface area contributed by atoms with Crippen molar-refractivity contribution in [3.8, 4) is 0 Å². The summed E-state index contributed by atoms with van der Waals surface area (Å²) in [7, 11) is 0. The van der Waals surface area contributed by atoms with Gasteiger partial charge in [-0.1, -0.05) is 19.1 Å². The van der Waals surface area contributed by atoms with E-state index in [0.29, 0.717) is 6.42 Å². The Hall–Kier alpha value is -1.13. The molecule has 3 nitrogen and oxygen atoms in total. The SMILES string of the molecule is CC(Cc1cccc(F)c1)C(=O)N1CCC(N)CC1.Cl. The van der Waals surface area contributed by atoms with E-state index in [4.69, 9.17) is 5.73 Å². The maximum absolute atomic E-state index is 13.1. The first-order chi connectivity index (χ1) is 9.06. The molecule has 20 heavy (non-hydrogen) atoms. The molecule has 1 heterocycles. The number of hydrogen-bond acceptors (Lipinski definition) is 2. The number of hydrogen-bond donors (Lipinski definition) is 1. The topological polar surface area (TPSA) is 46.3 Å². The van der Waals surface area contributed by atoms with Crippen molar-refractivity contribution in [2.75, 3.05) is 13.1 Å². The van der Waals surface area contributed by atoms with Gasteiger partial charge >= 0.3 is 0 Å². The van der Waals surface area contributed by atoms with E-state index < -0.39 is 0 Å². The Bertz CT molecular complexity index is 447. The zero-order valence-electron chi connectivity index (χ0n) is 11.7. The third-order valence-corrected chi connectivity index (χ3v) is 3.70. The molecule has 1 saturated heterocycles. The van der Waals surface area contributed by atoms with E-state index in [-0.39, 0.29) is 36.1 Å². The molecule has 0 aromatic heterocycles. The molecule has 1 fully saturated rings. The summed E-state index contributed by atoms with van der Waals surface area (Å²) in [5, 5.41) is 0. The largest absolute Gasteiger partial charge is 0.342 e. The number of amides is 1. The Morgan fingerprint density at radius 3 is 2.70 bits per heavy atom. The second-order valence-corrected chi connectivity index (χ2v) is 5.40. The lowest BCUT2D eigenvalue weighted by molar-refractivity contribution is -0.136. The molecule has 0 bridgehead atoms. The summed E-state index contributed by atoms with van der Waals surface area (Å²) in [5.74, 6) is -0.214. The Kier molecular flexibility index (Phi) is 6.43. The molecule has 1 unspecified atom stereocenters. The first kappa shape index (κ1) is 16.9. The van der Waals surface area contributed by atoms with Crippen molar-refractivity contribution >= 4 is 18.3 Å². The predicted molar refractivity (Wildman–Crippen MR) is 80.3 cm³/mol. The average Bonchev–Trinajstić information content (AvgIpc) is 2.39. The van der Waals surface area contributed by atoms with Gasteiger partial charge < -0.3 is 10.6 Å². The third-order valence-electron chi connectivity index (χ3n) is 3.70. The highest BCUT2D eigenvalue weighted by molar-refractivity contribution is 5.85. The number of benzene rings is 1. The van der Waals surface area contributed by atoms with Crippen LogP contribution in [0.4, 0.5) is 4.39 Å². The van der Waals surface area contributed by atoms with Crippen LogP contribution in [-0.2, 0) is 11.2 Å². The van der Waals surface area contributed by atoms with Crippen LogP contribution in [-0.4, -0.2) is 29.9 Å². The molecule has 0 spiro atoms. The van der Waals surface area contributed by atoms with Crippen LogP contribution in [0.1, 0.15) is 25.3 Å². The van der Waals surface area contributed by atoms with Crippen LogP contribution in [0.2, 0.25) is 0 Å². The predicted octanol–water partition coefficient (Wildman–Crippen LogP) is 2.38. The van der Waals surface area contributed by atoms with Crippen molar-refractivity contribution in [1.82, 2.24) is 4.90 Å². The lowest BCUT2D eigenvalue weighted by atomic mass is 9.98. The van der Waals surface area contributed by atoms with Crippen LogP contribution >= 0.6 is 12.4 Å². The van der Waals surface area contributed by atoms with Crippen LogP contribution in [0.25, 0.3) is 0 Å². The molecule has 1 aliphatic heterocycles. The van der Waals surface area contributed by atoms with Crippen molar-refractivity contribution in [2.45, 2.75) is 32.2 Å². The monoisotopic (exact) mass is 300 g/mol. The van der Waals surface area contributed by atoms with Crippen molar-refractivity contribution in [2.24, 2.45) is 11.7 Å². The number of carbonyl (C=O) groups excluding carboxylic acids is 1. The first-order valence-electron chi connectivity index (χ1n) is 6.85. The highest BCUT2D eigenvalue weighted by Gasteiger charge is 2.24. The molecule has 2 N–H and O–H groups in total. The van der Waals surface area contributed by atoms with Gasteiger partial charge in [0.05, 0.1) is 0 Å². The number of halogens is 2. The summed E-state index contributed by atoms with van der Waals surface area (Å²) >= 11 is 0. The minimum atomic E-state index is -0.249. The maximum Gasteiger partial charge on any atom is 0.225 e. The number of carbonyl (C=O) groups is 1. The Morgan fingerprint density at radius 2 is 2.10 bits per heavy atom. The lowest BCUT2D eigenvalue weighted by Crippen LogP contribution is -2.45. The molecule has 1 aromatic carbocycles. The zero-order chi connectivity index (χ0) is 13.8. The van der Waals surface area contributed by atoms with Gasteiger partial charge in [0.2, 0.25) is 5.91 Å². The molecular weight excluding hydrogens is 279 g/mol. The van der Waals surface area contributed by atoms with Gasteiger partial charge in [0.1, 0.15) is 5.82 Å². The number of piperidine rings is 1. The molecule has 1 atom stereocenters. The van der Waals surface area contributed by atoms with E-state index in [1.807, 2.05) is 17.9 Å².